The molecule has 0 unspecified atom stereocenters. The van der Waals surface area contributed by atoms with Gasteiger partial charge in [0.2, 0.25) is 5.91 Å². The fourth-order valence-electron chi connectivity index (χ4n) is 1.38. The van der Waals surface area contributed by atoms with Crippen LogP contribution in [0.5, 0.6) is 0 Å². The molecule has 1 N–H and O–H groups in total. The molecule has 0 spiro atoms. The zero-order valence-corrected chi connectivity index (χ0v) is 10.2. The van der Waals surface area contributed by atoms with E-state index in [0.717, 1.165) is 0 Å². The van der Waals surface area contributed by atoms with Crippen molar-refractivity contribution in [3.63, 3.8) is 0 Å². The molecule has 0 rings (SSSR count). The first-order valence-corrected chi connectivity index (χ1v) is 5.25. The number of carbonyl (C=O) groups is 2. The van der Waals surface area contributed by atoms with E-state index in [0.29, 0.717) is 6.54 Å². The Balaban J connectivity index is 4.54. The standard InChI is InChI=1S/C11H21NO3/c1-6-12(8(2)3)9(13)7-11(4,5)10(14)15/h8H,6-7H2,1-5H3,(H,14,15). The first-order chi connectivity index (χ1) is 6.72. The van der Waals surface area contributed by atoms with E-state index in [4.69, 9.17) is 5.11 Å². The highest BCUT2D eigenvalue weighted by atomic mass is 16.4. The molecule has 0 aliphatic carbocycles. The second-order valence-electron chi connectivity index (χ2n) is 4.64. The van der Waals surface area contributed by atoms with Gasteiger partial charge in [0.1, 0.15) is 0 Å². The molecule has 0 saturated carbocycles. The molecule has 0 aromatic carbocycles. The van der Waals surface area contributed by atoms with E-state index in [-0.39, 0.29) is 18.4 Å². The van der Waals surface area contributed by atoms with Gasteiger partial charge in [-0.1, -0.05) is 0 Å². The zero-order valence-electron chi connectivity index (χ0n) is 10.2. The molecule has 0 aromatic heterocycles. The molecular formula is C11H21NO3. The van der Waals surface area contributed by atoms with Crippen LogP contribution < -0.4 is 0 Å². The largest absolute Gasteiger partial charge is 0.481 e. The number of rotatable bonds is 5. The van der Waals surface area contributed by atoms with Gasteiger partial charge in [-0.05, 0) is 34.6 Å². The van der Waals surface area contributed by atoms with E-state index in [1.165, 1.54) is 0 Å². The highest BCUT2D eigenvalue weighted by Crippen LogP contribution is 2.22. The number of carboxylic acid groups (broad SMARTS) is 1. The molecule has 0 atom stereocenters. The van der Waals surface area contributed by atoms with Crippen LogP contribution in [-0.2, 0) is 9.59 Å². The SMILES string of the molecule is CCN(C(=O)CC(C)(C)C(=O)O)C(C)C. The minimum absolute atomic E-state index is 0.0500. The van der Waals surface area contributed by atoms with Gasteiger partial charge in [-0.2, -0.15) is 0 Å². The summed E-state index contributed by atoms with van der Waals surface area (Å²) in [5, 5.41) is 8.91. The highest BCUT2D eigenvalue weighted by molar-refractivity contribution is 5.84. The Morgan fingerprint density at radius 3 is 2.07 bits per heavy atom. The van der Waals surface area contributed by atoms with Gasteiger partial charge in [0.25, 0.3) is 0 Å². The molecule has 1 amide bonds. The molecule has 88 valence electrons. The van der Waals surface area contributed by atoms with Crippen LogP contribution in [0.25, 0.3) is 0 Å². The Bertz CT molecular complexity index is 246. The Morgan fingerprint density at radius 1 is 1.33 bits per heavy atom. The van der Waals surface area contributed by atoms with E-state index in [1.54, 1.807) is 18.7 Å². The van der Waals surface area contributed by atoms with Crippen LogP contribution in [0.15, 0.2) is 0 Å². The van der Waals surface area contributed by atoms with Crippen molar-refractivity contribution in [3.8, 4) is 0 Å². The minimum Gasteiger partial charge on any atom is -0.481 e. The van der Waals surface area contributed by atoms with Crippen LogP contribution >= 0.6 is 0 Å². The average molecular weight is 215 g/mol. The smallest absolute Gasteiger partial charge is 0.309 e. The average Bonchev–Trinajstić information content (AvgIpc) is 2.02. The number of hydrogen-bond donors (Lipinski definition) is 1. The van der Waals surface area contributed by atoms with Crippen LogP contribution in [0.2, 0.25) is 0 Å². The first kappa shape index (κ1) is 13.9. The fourth-order valence-corrected chi connectivity index (χ4v) is 1.38. The van der Waals surface area contributed by atoms with E-state index >= 15 is 0 Å². The fraction of sp³-hybridized carbons (Fsp3) is 0.818. The lowest BCUT2D eigenvalue weighted by atomic mass is 9.89. The quantitative estimate of drug-likeness (QED) is 0.760. The van der Waals surface area contributed by atoms with Gasteiger partial charge in [-0.3, -0.25) is 9.59 Å². The van der Waals surface area contributed by atoms with Crippen LogP contribution in [0, 0.1) is 5.41 Å². The first-order valence-electron chi connectivity index (χ1n) is 5.25. The van der Waals surface area contributed by atoms with Crippen LogP contribution in [0.1, 0.15) is 41.0 Å². The summed E-state index contributed by atoms with van der Waals surface area (Å²) in [4.78, 5) is 24.4. The topological polar surface area (TPSA) is 57.6 Å². The number of carboxylic acids is 1. The molecule has 0 aromatic rings. The lowest BCUT2D eigenvalue weighted by molar-refractivity contribution is -0.151. The maximum absolute atomic E-state index is 11.8. The number of hydrogen-bond acceptors (Lipinski definition) is 2. The predicted molar refractivity (Wildman–Crippen MR) is 58.6 cm³/mol. The van der Waals surface area contributed by atoms with Crippen molar-refractivity contribution in [2.75, 3.05) is 6.54 Å². The third-order valence-electron chi connectivity index (χ3n) is 2.46. The molecular weight excluding hydrogens is 194 g/mol. The van der Waals surface area contributed by atoms with Crippen molar-refractivity contribution < 1.29 is 14.7 Å². The van der Waals surface area contributed by atoms with Crippen molar-refractivity contribution >= 4 is 11.9 Å². The van der Waals surface area contributed by atoms with Crippen LogP contribution in [0.3, 0.4) is 0 Å². The van der Waals surface area contributed by atoms with Gasteiger partial charge in [0.05, 0.1) is 5.41 Å². The second-order valence-corrected chi connectivity index (χ2v) is 4.64. The van der Waals surface area contributed by atoms with Crippen molar-refractivity contribution in [1.29, 1.82) is 0 Å². The number of nitrogens with zero attached hydrogens (tertiary/aromatic N) is 1. The number of aliphatic carboxylic acids is 1. The Hall–Kier alpha value is -1.06. The molecule has 0 aliphatic heterocycles. The summed E-state index contributed by atoms with van der Waals surface area (Å²) in [5.41, 5.74) is -0.987. The molecule has 0 radical (unpaired) electrons. The van der Waals surface area contributed by atoms with Crippen molar-refractivity contribution in [1.82, 2.24) is 4.90 Å². The van der Waals surface area contributed by atoms with E-state index in [2.05, 4.69) is 0 Å². The van der Waals surface area contributed by atoms with Crippen LogP contribution in [-0.4, -0.2) is 34.5 Å². The highest BCUT2D eigenvalue weighted by Gasteiger charge is 2.32. The van der Waals surface area contributed by atoms with Crippen molar-refractivity contribution in [3.05, 3.63) is 0 Å². The molecule has 0 aliphatic rings. The number of carbonyl (C=O) groups excluding carboxylic acids is 1. The molecule has 15 heavy (non-hydrogen) atoms. The molecule has 0 saturated heterocycles. The summed E-state index contributed by atoms with van der Waals surface area (Å²) >= 11 is 0. The van der Waals surface area contributed by atoms with Gasteiger partial charge in [0.15, 0.2) is 0 Å². The van der Waals surface area contributed by atoms with Crippen molar-refractivity contribution in [2.24, 2.45) is 5.41 Å². The third-order valence-corrected chi connectivity index (χ3v) is 2.46. The van der Waals surface area contributed by atoms with Gasteiger partial charge in [-0.25, -0.2) is 0 Å². The Kier molecular flexibility index (Phi) is 4.78. The summed E-state index contributed by atoms with van der Waals surface area (Å²) in [6.07, 6.45) is 0.0500. The summed E-state index contributed by atoms with van der Waals surface area (Å²) in [6, 6.07) is 0.118. The van der Waals surface area contributed by atoms with E-state index < -0.39 is 11.4 Å². The van der Waals surface area contributed by atoms with E-state index in [1.807, 2.05) is 20.8 Å². The number of amides is 1. The third kappa shape index (κ3) is 3.90. The predicted octanol–water partition coefficient (Wildman–Crippen LogP) is 1.74. The van der Waals surface area contributed by atoms with Gasteiger partial charge < -0.3 is 10.0 Å². The normalized spacial score (nSPS) is 11.6. The molecule has 0 bridgehead atoms. The molecule has 0 fully saturated rings. The molecule has 0 heterocycles. The molecule has 4 heteroatoms. The zero-order chi connectivity index (χ0) is 12.2. The summed E-state index contributed by atoms with van der Waals surface area (Å²) in [7, 11) is 0. The lowest BCUT2D eigenvalue weighted by Gasteiger charge is -2.28. The summed E-state index contributed by atoms with van der Waals surface area (Å²) in [6.45, 7) is 9.50. The van der Waals surface area contributed by atoms with Gasteiger partial charge in [-0.15, -0.1) is 0 Å². The second kappa shape index (κ2) is 5.14. The Labute approximate surface area is 91.3 Å². The summed E-state index contributed by atoms with van der Waals surface area (Å²) < 4.78 is 0. The lowest BCUT2D eigenvalue weighted by Crippen LogP contribution is -2.40. The minimum atomic E-state index is -0.987. The van der Waals surface area contributed by atoms with Gasteiger partial charge >= 0.3 is 5.97 Å². The molecule has 4 nitrogen and oxygen atoms in total. The van der Waals surface area contributed by atoms with Crippen LogP contribution in [0.4, 0.5) is 0 Å². The maximum Gasteiger partial charge on any atom is 0.309 e. The Morgan fingerprint density at radius 2 is 1.80 bits per heavy atom. The maximum atomic E-state index is 11.8. The van der Waals surface area contributed by atoms with Gasteiger partial charge in [0, 0.05) is 19.0 Å². The monoisotopic (exact) mass is 215 g/mol. The van der Waals surface area contributed by atoms with Crippen molar-refractivity contribution in [2.45, 2.75) is 47.1 Å². The summed E-state index contributed by atoms with van der Waals surface area (Å²) in [5.74, 6) is -1.03. The van der Waals surface area contributed by atoms with E-state index in [9.17, 15) is 9.59 Å².